The second-order valence-corrected chi connectivity index (χ2v) is 27.0. The molecule has 0 spiro atoms. The third-order valence-corrected chi connectivity index (χ3v) is 20.5. The van der Waals surface area contributed by atoms with Gasteiger partial charge in [-0.1, -0.05) is 112 Å². The molecule has 5 aromatic carbocycles. The molecule has 0 bridgehead atoms. The van der Waals surface area contributed by atoms with E-state index in [-0.39, 0.29) is 48.6 Å². The lowest BCUT2D eigenvalue weighted by atomic mass is 9.80. The first-order chi connectivity index (χ1) is 39.5. The van der Waals surface area contributed by atoms with Gasteiger partial charge in [0, 0.05) is 34.7 Å². The zero-order valence-corrected chi connectivity index (χ0v) is 48.3. The van der Waals surface area contributed by atoms with Crippen LogP contribution in [0.25, 0.3) is 11.2 Å². The number of carbonyl (C=O) groups excluding carboxylic acids is 2. The molecule has 82 heavy (non-hydrogen) atoms. The third-order valence-electron chi connectivity index (χ3n) is 15.2. The molecule has 1 unspecified atom stereocenters. The fraction of sp³-hybridized carbons (Fsp3) is 0.317. The average molecular weight is 1150 g/mol. The van der Waals surface area contributed by atoms with Crippen molar-refractivity contribution >= 4 is 51.2 Å². The summed E-state index contributed by atoms with van der Waals surface area (Å²) in [6.07, 6.45) is -0.0780. The van der Waals surface area contributed by atoms with Crippen LogP contribution in [-0.2, 0) is 37.9 Å². The van der Waals surface area contributed by atoms with Gasteiger partial charge in [-0.2, -0.15) is 4.98 Å². The highest BCUT2D eigenvalue weighted by molar-refractivity contribution is 7.33. The van der Waals surface area contributed by atoms with Gasteiger partial charge in [0.25, 0.3) is 11.8 Å². The number of hydrogen-bond donors (Lipinski definition) is 2. The molecule has 2 saturated heterocycles. The maximum atomic E-state index is 14.5. The van der Waals surface area contributed by atoms with E-state index < -0.39 is 70.6 Å². The number of amides is 2. The van der Waals surface area contributed by atoms with E-state index in [0.29, 0.717) is 33.8 Å². The Balaban J connectivity index is 0.935. The van der Waals surface area contributed by atoms with E-state index >= 15 is 0 Å². The highest BCUT2D eigenvalue weighted by Crippen LogP contribution is 2.46. The first-order valence-corrected chi connectivity index (χ1v) is 30.8. The van der Waals surface area contributed by atoms with Crippen LogP contribution in [0.2, 0.25) is 18.1 Å². The van der Waals surface area contributed by atoms with Crippen molar-refractivity contribution in [1.82, 2.24) is 29.1 Å². The highest BCUT2D eigenvalue weighted by atomic mass is 31.1. The topological polar surface area (TPSA) is 228 Å². The first-order valence-electron chi connectivity index (χ1n) is 26.8. The van der Waals surface area contributed by atoms with Crippen LogP contribution in [0.5, 0.6) is 11.5 Å². The summed E-state index contributed by atoms with van der Waals surface area (Å²) in [5, 5.41) is 5.35. The largest absolute Gasteiger partial charge is 0.697 e. The number of methoxy groups -OCH3 is 2. The molecule has 2 amide bonds. The predicted molar refractivity (Wildman–Crippen MR) is 308 cm³/mol. The Hall–Kier alpha value is -7.85. The molecule has 8 aromatic rings. The van der Waals surface area contributed by atoms with E-state index in [1.165, 1.54) is 23.2 Å². The molecule has 0 saturated carbocycles. The Labute approximate surface area is 476 Å². The van der Waals surface area contributed by atoms with Gasteiger partial charge in [-0.05, 0) is 89.4 Å². The fourth-order valence-corrected chi connectivity index (χ4v) is 11.9. The van der Waals surface area contributed by atoms with Gasteiger partial charge in [-0.25, -0.2) is 19.7 Å². The monoisotopic (exact) mass is 1150 g/mol. The molecule has 5 heterocycles. The summed E-state index contributed by atoms with van der Waals surface area (Å²) in [6, 6.07) is 44.0. The van der Waals surface area contributed by atoms with Gasteiger partial charge in [-0.3, -0.25) is 18.7 Å². The minimum atomic E-state index is -2.90. The van der Waals surface area contributed by atoms with Crippen LogP contribution in [-0.4, -0.2) is 101 Å². The minimum absolute atomic E-state index is 0.0804. The predicted octanol–water partition coefficient (Wildman–Crippen LogP) is 10.6. The Bertz CT molecular complexity index is 3530. The van der Waals surface area contributed by atoms with E-state index in [1.54, 1.807) is 79.7 Å². The average Bonchev–Trinajstić information content (AvgIpc) is 4.20. The summed E-state index contributed by atoms with van der Waals surface area (Å²) in [6.45, 7) is 10.3. The summed E-state index contributed by atoms with van der Waals surface area (Å²) in [5.41, 5.74) is 1.99. The Morgan fingerprint density at radius 3 is 1.78 bits per heavy atom. The maximum absolute atomic E-state index is 14.5. The van der Waals surface area contributed by atoms with Crippen LogP contribution < -0.4 is 25.8 Å². The number of rotatable bonds is 21. The van der Waals surface area contributed by atoms with E-state index in [4.69, 9.17) is 37.2 Å². The van der Waals surface area contributed by atoms with Crippen LogP contribution >= 0.6 is 8.25 Å². The van der Waals surface area contributed by atoms with Crippen LogP contribution in [0.4, 0.5) is 11.6 Å². The van der Waals surface area contributed by atoms with Crippen molar-refractivity contribution in [1.29, 1.82) is 0 Å². The number of nitrogens with zero attached hydrogens (tertiary/aromatic N) is 6. The number of ether oxygens (including phenoxy) is 5. The first kappa shape index (κ1) is 57.4. The lowest BCUT2D eigenvalue weighted by molar-refractivity contribution is -0.0912. The Morgan fingerprint density at radius 1 is 0.671 bits per heavy atom. The number of aromatic nitrogens is 6. The van der Waals surface area contributed by atoms with Gasteiger partial charge in [0.1, 0.15) is 66.6 Å². The number of hydrogen-bond acceptors (Lipinski definition) is 16. The Kier molecular flexibility index (Phi) is 17.3. The van der Waals surface area contributed by atoms with Gasteiger partial charge in [0.15, 0.2) is 25.3 Å². The molecule has 424 valence electrons. The van der Waals surface area contributed by atoms with E-state index in [0.717, 1.165) is 16.7 Å². The van der Waals surface area contributed by atoms with Gasteiger partial charge < -0.3 is 38.7 Å². The molecule has 20 nitrogen and oxygen atoms in total. The summed E-state index contributed by atoms with van der Waals surface area (Å²) in [5.74, 6) is 0.799. The second kappa shape index (κ2) is 24.7. The van der Waals surface area contributed by atoms with Crippen molar-refractivity contribution in [2.45, 2.75) is 94.2 Å². The fourth-order valence-electron chi connectivity index (χ4n) is 9.79. The minimum Gasteiger partial charge on any atom is -0.497 e. The second-order valence-electron chi connectivity index (χ2n) is 21.3. The lowest BCUT2D eigenvalue weighted by Crippen LogP contribution is -2.46. The van der Waals surface area contributed by atoms with Crippen molar-refractivity contribution < 1.29 is 51.3 Å². The smallest absolute Gasteiger partial charge is 0.497 e. The number of carbonyl (C=O) groups is 2. The SMILES string of the molecule is COc1ccc(C(OC[C@H]2O[C@H](n3cnc4c(NC(=O)c5ccccc5)ncnc43)C[C@@H]2O[P+](=O)OC[C@H]2O[C@H](n3ccc(NC(=O)c4ccccc4)nc3=O)C[C@@H]2O[Si](C)(C)C(C)(C)C)(c2ccccc2)c2ccc(OC)cc2)cc1. The van der Waals surface area contributed by atoms with Gasteiger partial charge >= 0.3 is 13.9 Å². The normalized spacial score (nSPS) is 19.4. The number of imidazole rings is 1. The molecule has 3 aromatic heterocycles. The number of benzene rings is 5. The van der Waals surface area contributed by atoms with Crippen molar-refractivity contribution in [3.63, 3.8) is 0 Å². The standard InChI is InChI=1S/C60H63N8O12PSi/c1-59(2,3)82(6,7)80-47-34-51(67-32-31-50(65-58(67)71)64-56(69)39-17-11-8-12-18-39)78-49(47)36-76-81(72)79-46-33-52(68-38-63-53-54(61-37-62-55(53)68)66-57(70)40-19-13-9-14-20-40)77-48(46)35-75-60(41-21-15-10-16-22-41,42-23-27-44(73-4)28-24-42)43-25-29-45(74-5)30-26-43/h8-32,37-38,46-49,51-52H,33-36H2,1-7H3,(H-,61,62,64,65,66,69,70,71)/p+1/t46-,47-,48+,49+,51-,52-/m0/s1. The lowest BCUT2D eigenvalue weighted by Gasteiger charge is -2.39. The molecule has 2 N–H and O–H groups in total. The molecular formula is C60H64N8O12PSi+. The van der Waals surface area contributed by atoms with Crippen LogP contribution in [0.15, 0.2) is 169 Å². The summed E-state index contributed by atoms with van der Waals surface area (Å²) in [4.78, 5) is 57.6. The summed E-state index contributed by atoms with van der Waals surface area (Å²) in [7, 11) is -2.16. The molecule has 10 rings (SSSR count). The van der Waals surface area contributed by atoms with E-state index in [9.17, 15) is 18.9 Å². The van der Waals surface area contributed by atoms with E-state index in [2.05, 4.69) is 64.4 Å². The molecule has 0 aliphatic carbocycles. The van der Waals surface area contributed by atoms with Gasteiger partial charge in [0.05, 0.1) is 33.3 Å². The molecule has 2 aliphatic rings. The number of anilines is 2. The van der Waals surface area contributed by atoms with Gasteiger partial charge in [0.2, 0.25) is 0 Å². The summed E-state index contributed by atoms with van der Waals surface area (Å²) >= 11 is 0. The maximum Gasteiger partial charge on any atom is 0.697 e. The number of fused-ring (bicyclic) bond motifs is 1. The molecule has 2 fully saturated rings. The highest BCUT2D eigenvalue weighted by Gasteiger charge is 2.49. The zero-order chi connectivity index (χ0) is 57.6. The van der Waals surface area contributed by atoms with Crippen molar-refractivity contribution in [2.24, 2.45) is 0 Å². The van der Waals surface area contributed by atoms with E-state index in [1.807, 2.05) is 84.9 Å². The molecule has 0 radical (unpaired) electrons. The van der Waals surface area contributed by atoms with Crippen molar-refractivity contribution in [2.75, 3.05) is 38.1 Å². The van der Waals surface area contributed by atoms with Crippen molar-refractivity contribution in [3.05, 3.63) is 203 Å². The quantitative estimate of drug-likeness (QED) is 0.0387. The Morgan fingerprint density at radius 2 is 1.21 bits per heavy atom. The third kappa shape index (κ3) is 12.5. The van der Waals surface area contributed by atoms with Crippen LogP contribution in [0, 0.1) is 0 Å². The van der Waals surface area contributed by atoms with Crippen LogP contribution in [0.3, 0.4) is 0 Å². The number of nitrogens with one attached hydrogen (secondary N) is 2. The van der Waals surface area contributed by atoms with Crippen LogP contribution in [0.1, 0.15) is 83.5 Å². The molecule has 7 atom stereocenters. The van der Waals surface area contributed by atoms with Gasteiger partial charge in [-0.15, -0.1) is 9.05 Å². The zero-order valence-electron chi connectivity index (χ0n) is 46.4. The molecule has 2 aliphatic heterocycles. The molecule has 22 heteroatoms. The summed E-state index contributed by atoms with van der Waals surface area (Å²) < 4.78 is 68.9. The van der Waals surface area contributed by atoms with Crippen molar-refractivity contribution in [3.8, 4) is 11.5 Å². The molecular weight excluding hydrogens is 1080 g/mol.